The molecule has 5 atom stereocenters. The van der Waals surface area contributed by atoms with Crippen LogP contribution in [-0.2, 0) is 0 Å². The van der Waals surface area contributed by atoms with Gasteiger partial charge in [-0.25, -0.2) is 0 Å². The summed E-state index contributed by atoms with van der Waals surface area (Å²) in [4.78, 5) is 11.6. The highest BCUT2D eigenvalue weighted by molar-refractivity contribution is 6.09. The van der Waals surface area contributed by atoms with Crippen LogP contribution in [0, 0.1) is 11.3 Å². The molecule has 0 amide bonds. The van der Waals surface area contributed by atoms with Crippen molar-refractivity contribution in [1.82, 2.24) is 20.2 Å². The van der Waals surface area contributed by atoms with Gasteiger partial charge in [0.05, 0.1) is 16.8 Å². The molecule has 41 heavy (non-hydrogen) atoms. The van der Waals surface area contributed by atoms with E-state index in [9.17, 15) is 5.11 Å². The fourth-order valence-electron chi connectivity index (χ4n) is 8.69. The van der Waals surface area contributed by atoms with Gasteiger partial charge >= 0.3 is 0 Å². The van der Waals surface area contributed by atoms with Crippen LogP contribution in [0.5, 0.6) is 0 Å². The minimum absolute atomic E-state index is 0.0223. The van der Waals surface area contributed by atoms with Crippen molar-refractivity contribution in [3.8, 4) is 0 Å². The van der Waals surface area contributed by atoms with Crippen molar-refractivity contribution >= 4 is 27.4 Å². The summed E-state index contributed by atoms with van der Waals surface area (Å²) in [6.45, 7) is 4.27. The number of H-pyrrole nitrogens is 1. The molecular weight excluding hydrogens is 504 g/mol. The monoisotopic (exact) mass is 550 g/mol. The molecule has 1 saturated heterocycles. The molecule has 3 aromatic rings. The highest BCUT2D eigenvalue weighted by atomic mass is 16.3. The first-order valence-electron chi connectivity index (χ1n) is 16.2. The summed E-state index contributed by atoms with van der Waals surface area (Å²) in [7, 11) is 0. The van der Waals surface area contributed by atoms with Crippen LogP contribution < -0.4 is 5.32 Å². The van der Waals surface area contributed by atoms with Crippen LogP contribution in [0.3, 0.4) is 0 Å². The topological polar surface area (TPSA) is 64.2 Å². The summed E-state index contributed by atoms with van der Waals surface area (Å²) in [5.74, 6) is 0.343. The minimum atomic E-state index is -0.944. The van der Waals surface area contributed by atoms with Gasteiger partial charge in [-0.05, 0) is 120 Å². The zero-order valence-corrected chi connectivity index (χ0v) is 24.5. The molecule has 5 heterocycles. The van der Waals surface area contributed by atoms with Crippen LogP contribution in [0.1, 0.15) is 76.3 Å². The van der Waals surface area contributed by atoms with Gasteiger partial charge in [0, 0.05) is 40.5 Å². The molecule has 7 rings (SSSR count). The van der Waals surface area contributed by atoms with Crippen molar-refractivity contribution in [3.63, 3.8) is 0 Å². The smallest absolute Gasteiger partial charge is 0.0995 e. The summed E-state index contributed by atoms with van der Waals surface area (Å²) < 4.78 is 0. The SMILES string of the molecule is O[C@]12C=C(c3nccc4c3[nH]c3ccccc34)[C@@H]3CCN(CCCC/C=C\CC1)C[C@@]31CC/C=C\CCCCN[C@@H]12. The first kappa shape index (κ1) is 27.1. The van der Waals surface area contributed by atoms with Crippen molar-refractivity contribution < 1.29 is 5.11 Å². The number of para-hydroxylation sites is 1. The quantitative estimate of drug-likeness (QED) is 0.282. The lowest BCUT2D eigenvalue weighted by Crippen LogP contribution is -2.68. The maximum absolute atomic E-state index is 12.9. The van der Waals surface area contributed by atoms with E-state index in [4.69, 9.17) is 4.98 Å². The number of aliphatic hydroxyl groups is 1. The van der Waals surface area contributed by atoms with Crippen molar-refractivity contribution in [2.45, 2.75) is 82.3 Å². The number of hydrogen-bond acceptors (Lipinski definition) is 4. The van der Waals surface area contributed by atoms with Crippen LogP contribution in [0.4, 0.5) is 0 Å². The molecule has 1 aromatic carbocycles. The lowest BCUT2D eigenvalue weighted by molar-refractivity contribution is -0.0798. The third-order valence-electron chi connectivity index (χ3n) is 10.6. The second-order valence-corrected chi connectivity index (χ2v) is 13.1. The van der Waals surface area contributed by atoms with Gasteiger partial charge < -0.3 is 20.3 Å². The number of pyridine rings is 1. The first-order valence-corrected chi connectivity index (χ1v) is 16.2. The van der Waals surface area contributed by atoms with Gasteiger partial charge in [-0.3, -0.25) is 4.98 Å². The average Bonchev–Trinajstić information content (AvgIpc) is 3.35. The third-order valence-corrected chi connectivity index (χ3v) is 10.6. The highest BCUT2D eigenvalue weighted by Gasteiger charge is 2.58. The standard InChI is InChI=1S/C36H46N4O/c41-36-20-12-6-2-4-8-14-23-40-24-18-30(35(26-40)19-11-5-1-3-7-13-21-38-34(35)36)29(25-36)32-33-28(17-22-37-32)27-15-9-10-16-31(27)39-33/h1-2,5-6,9-10,15-17,22,25,30,34,38-39,41H,3-4,7-8,11-14,18-21,23-24,26H2/b5-1-,6-2-/t30-,34-,35-,36-/m0/s1. The summed E-state index contributed by atoms with van der Waals surface area (Å²) in [5.41, 5.74) is 3.55. The number of nitrogens with zero attached hydrogens (tertiary/aromatic N) is 2. The van der Waals surface area contributed by atoms with E-state index >= 15 is 0 Å². The predicted octanol–water partition coefficient (Wildman–Crippen LogP) is 7.15. The molecule has 2 aromatic heterocycles. The lowest BCUT2D eigenvalue weighted by Gasteiger charge is -2.60. The van der Waals surface area contributed by atoms with E-state index in [1.165, 1.54) is 35.6 Å². The third kappa shape index (κ3) is 5.00. The van der Waals surface area contributed by atoms with E-state index in [1.807, 2.05) is 6.20 Å². The van der Waals surface area contributed by atoms with E-state index in [-0.39, 0.29) is 11.5 Å². The molecule has 0 saturated carbocycles. The van der Waals surface area contributed by atoms with Crippen molar-refractivity contribution in [3.05, 3.63) is 72.6 Å². The summed E-state index contributed by atoms with van der Waals surface area (Å²) in [5, 5.41) is 19.4. The van der Waals surface area contributed by atoms with E-state index in [1.54, 1.807) is 0 Å². The number of allylic oxidation sites excluding steroid dienone is 5. The minimum Gasteiger partial charge on any atom is -0.384 e. The number of benzene rings is 1. The second kappa shape index (κ2) is 11.5. The number of fused-ring (bicyclic) bond motifs is 4. The molecule has 5 nitrogen and oxygen atoms in total. The van der Waals surface area contributed by atoms with Gasteiger partial charge in [0.2, 0.25) is 0 Å². The van der Waals surface area contributed by atoms with Gasteiger partial charge in [0.1, 0.15) is 0 Å². The summed E-state index contributed by atoms with van der Waals surface area (Å²) in [6.07, 6.45) is 25.8. The van der Waals surface area contributed by atoms with Gasteiger partial charge in [-0.15, -0.1) is 0 Å². The Morgan fingerprint density at radius 3 is 2.56 bits per heavy atom. The second-order valence-electron chi connectivity index (χ2n) is 13.1. The van der Waals surface area contributed by atoms with Crippen LogP contribution in [0.15, 0.2) is 66.9 Å². The average molecular weight is 551 g/mol. The highest BCUT2D eigenvalue weighted by Crippen LogP contribution is 2.56. The van der Waals surface area contributed by atoms with E-state index in [0.29, 0.717) is 5.92 Å². The van der Waals surface area contributed by atoms with Crippen LogP contribution in [0.25, 0.3) is 27.4 Å². The van der Waals surface area contributed by atoms with Crippen LogP contribution >= 0.6 is 0 Å². The van der Waals surface area contributed by atoms with E-state index in [2.05, 4.69) is 75.9 Å². The number of piperidine rings is 1. The number of hydrogen-bond donors (Lipinski definition) is 3. The predicted molar refractivity (Wildman–Crippen MR) is 170 cm³/mol. The van der Waals surface area contributed by atoms with Gasteiger partial charge in [0.15, 0.2) is 0 Å². The number of nitrogens with one attached hydrogen (secondary N) is 2. The van der Waals surface area contributed by atoms with Crippen molar-refractivity contribution in [2.24, 2.45) is 11.3 Å². The Balaban J connectivity index is 1.44. The van der Waals surface area contributed by atoms with Crippen LogP contribution in [-0.4, -0.2) is 57.8 Å². The van der Waals surface area contributed by atoms with Gasteiger partial charge in [-0.1, -0.05) is 42.5 Å². The number of rotatable bonds is 1. The molecular formula is C36H46N4O. The van der Waals surface area contributed by atoms with E-state index in [0.717, 1.165) is 94.3 Å². The van der Waals surface area contributed by atoms with Gasteiger partial charge in [-0.2, -0.15) is 0 Å². The lowest BCUT2D eigenvalue weighted by atomic mass is 9.53. The Bertz CT molecular complexity index is 1470. The molecule has 1 spiro atoms. The normalized spacial score (nSPS) is 34.9. The Labute approximate surface area is 244 Å². The van der Waals surface area contributed by atoms with E-state index < -0.39 is 5.60 Å². The summed E-state index contributed by atoms with van der Waals surface area (Å²) in [6, 6.07) is 10.7. The molecule has 3 bridgehead atoms. The molecule has 1 unspecified atom stereocenters. The molecule has 4 aliphatic rings. The fraction of sp³-hybridized carbons (Fsp3) is 0.528. The maximum Gasteiger partial charge on any atom is 0.0995 e. The Hall–Kier alpha value is -2.73. The Kier molecular flexibility index (Phi) is 7.61. The Morgan fingerprint density at radius 1 is 0.854 bits per heavy atom. The molecule has 1 aliphatic carbocycles. The summed E-state index contributed by atoms with van der Waals surface area (Å²) >= 11 is 0. The first-order chi connectivity index (χ1) is 20.2. The molecule has 5 heteroatoms. The number of aromatic amines is 1. The molecule has 0 radical (unpaired) electrons. The number of aromatic nitrogens is 2. The zero-order valence-electron chi connectivity index (χ0n) is 24.5. The van der Waals surface area contributed by atoms with Gasteiger partial charge in [0.25, 0.3) is 0 Å². The van der Waals surface area contributed by atoms with Crippen LogP contribution in [0.2, 0.25) is 0 Å². The fourth-order valence-corrected chi connectivity index (χ4v) is 8.69. The van der Waals surface area contributed by atoms with Crippen molar-refractivity contribution in [1.29, 1.82) is 0 Å². The maximum atomic E-state index is 12.9. The molecule has 1 fully saturated rings. The van der Waals surface area contributed by atoms with Crippen molar-refractivity contribution in [2.75, 3.05) is 26.2 Å². The Morgan fingerprint density at radius 2 is 1.66 bits per heavy atom. The molecule has 3 aliphatic heterocycles. The zero-order chi connectivity index (χ0) is 27.7. The molecule has 3 N–H and O–H groups in total. The largest absolute Gasteiger partial charge is 0.384 e. The molecule has 216 valence electrons.